The zero-order valence-electron chi connectivity index (χ0n) is 10.0. The molecule has 1 heterocycles. The molecule has 2 rings (SSSR count). The van der Waals surface area contributed by atoms with Crippen molar-refractivity contribution < 1.29 is 23.4 Å². The van der Waals surface area contributed by atoms with Gasteiger partial charge in [-0.05, 0) is 24.3 Å². The Morgan fingerprint density at radius 3 is 2.55 bits per heavy atom. The van der Waals surface area contributed by atoms with Crippen LogP contribution in [0.3, 0.4) is 0 Å². The minimum atomic E-state index is -3.94. The van der Waals surface area contributed by atoms with E-state index in [0.29, 0.717) is 0 Å². The summed E-state index contributed by atoms with van der Waals surface area (Å²) >= 11 is 0. The predicted octanol–water partition coefficient (Wildman–Crippen LogP) is 1.29. The molecule has 1 aromatic heterocycles. The zero-order valence-corrected chi connectivity index (χ0v) is 10.8. The summed E-state index contributed by atoms with van der Waals surface area (Å²) in [6.45, 7) is 0. The molecule has 0 saturated heterocycles. The van der Waals surface area contributed by atoms with E-state index >= 15 is 0 Å². The van der Waals surface area contributed by atoms with Crippen molar-refractivity contribution in [2.75, 3.05) is 4.72 Å². The summed E-state index contributed by atoms with van der Waals surface area (Å²) in [6.07, 6.45) is 2.56. The van der Waals surface area contributed by atoms with Gasteiger partial charge in [0.05, 0.1) is 5.69 Å². The van der Waals surface area contributed by atoms with Crippen LogP contribution in [0.25, 0.3) is 0 Å². The zero-order chi connectivity index (χ0) is 14.8. The van der Waals surface area contributed by atoms with Crippen molar-refractivity contribution in [2.24, 2.45) is 0 Å². The van der Waals surface area contributed by atoms with Crippen molar-refractivity contribution in [3.63, 3.8) is 0 Å². The Labute approximate surface area is 114 Å². The lowest BCUT2D eigenvalue weighted by Gasteiger charge is -2.10. The van der Waals surface area contributed by atoms with Crippen LogP contribution in [0.15, 0.2) is 47.6 Å². The summed E-state index contributed by atoms with van der Waals surface area (Å²) in [5.74, 6) is -2.00. The Morgan fingerprint density at radius 1 is 1.20 bits per heavy atom. The predicted molar refractivity (Wildman–Crippen MR) is 70.1 cm³/mol. The number of aromatic carboxylic acids is 1. The fraction of sp³-hybridized carbons (Fsp3) is 0. The molecule has 0 atom stereocenters. The van der Waals surface area contributed by atoms with Gasteiger partial charge in [0.1, 0.15) is 10.5 Å². The highest BCUT2D eigenvalue weighted by molar-refractivity contribution is 7.92. The SMILES string of the molecule is O=C(O)c1cccc(NS(=O)(=O)c2cccnc2)c1O. The standard InChI is InChI=1S/C12H10N2O5S/c15-11-9(12(16)17)4-1-5-10(11)14-20(18,19)8-3-2-6-13-7-8/h1-7,14-15H,(H,16,17). The Balaban J connectivity index is 2.41. The number of hydrogen-bond acceptors (Lipinski definition) is 5. The summed E-state index contributed by atoms with van der Waals surface area (Å²) in [6, 6.07) is 6.52. The Kier molecular flexibility index (Phi) is 3.57. The van der Waals surface area contributed by atoms with Gasteiger partial charge in [0.2, 0.25) is 0 Å². The van der Waals surface area contributed by atoms with Crippen molar-refractivity contribution in [3.05, 3.63) is 48.3 Å². The number of carboxylic acid groups (broad SMARTS) is 1. The molecule has 7 nitrogen and oxygen atoms in total. The van der Waals surface area contributed by atoms with Crippen LogP contribution in [0.1, 0.15) is 10.4 Å². The maximum absolute atomic E-state index is 12.0. The number of nitrogens with zero attached hydrogens (tertiary/aromatic N) is 1. The number of nitrogens with one attached hydrogen (secondary N) is 1. The summed E-state index contributed by atoms with van der Waals surface area (Å²) in [5, 5.41) is 18.6. The molecule has 0 aliphatic rings. The molecule has 3 N–H and O–H groups in total. The fourth-order valence-electron chi connectivity index (χ4n) is 1.51. The number of aromatic nitrogens is 1. The Hall–Kier alpha value is -2.61. The molecular weight excluding hydrogens is 284 g/mol. The van der Waals surface area contributed by atoms with Crippen LogP contribution in [0.5, 0.6) is 5.75 Å². The normalized spacial score (nSPS) is 11.0. The van der Waals surface area contributed by atoms with Crippen LogP contribution in [-0.4, -0.2) is 29.6 Å². The van der Waals surface area contributed by atoms with Gasteiger partial charge >= 0.3 is 5.97 Å². The van der Waals surface area contributed by atoms with Crippen LogP contribution in [0.4, 0.5) is 5.69 Å². The van der Waals surface area contributed by atoms with E-state index in [1.165, 1.54) is 36.5 Å². The smallest absolute Gasteiger partial charge is 0.339 e. The minimum absolute atomic E-state index is 0.0971. The summed E-state index contributed by atoms with van der Waals surface area (Å²) in [4.78, 5) is 14.5. The first-order valence-corrected chi connectivity index (χ1v) is 6.88. The second-order valence-electron chi connectivity index (χ2n) is 3.80. The number of sulfonamides is 1. The highest BCUT2D eigenvalue weighted by atomic mass is 32.2. The van der Waals surface area contributed by atoms with E-state index in [9.17, 15) is 18.3 Å². The number of rotatable bonds is 4. The highest BCUT2D eigenvalue weighted by Crippen LogP contribution is 2.29. The van der Waals surface area contributed by atoms with Gasteiger partial charge in [-0.1, -0.05) is 6.07 Å². The molecule has 0 aliphatic carbocycles. The molecule has 0 unspecified atom stereocenters. The molecule has 104 valence electrons. The van der Waals surface area contributed by atoms with E-state index in [-0.39, 0.29) is 10.6 Å². The average Bonchev–Trinajstić information content (AvgIpc) is 2.41. The molecule has 1 aromatic carbocycles. The molecule has 0 amide bonds. The molecule has 0 fully saturated rings. The number of anilines is 1. The molecule has 0 aliphatic heterocycles. The third-order valence-corrected chi connectivity index (χ3v) is 3.81. The molecule has 0 spiro atoms. The van der Waals surface area contributed by atoms with Crippen LogP contribution in [0, 0.1) is 0 Å². The number of hydrogen-bond donors (Lipinski definition) is 3. The average molecular weight is 294 g/mol. The number of carbonyl (C=O) groups is 1. The first kappa shape index (κ1) is 13.8. The third kappa shape index (κ3) is 2.69. The second-order valence-corrected chi connectivity index (χ2v) is 5.48. The maximum atomic E-state index is 12.0. The molecule has 0 saturated carbocycles. The fourth-order valence-corrected chi connectivity index (χ4v) is 2.54. The van der Waals surface area contributed by atoms with Gasteiger partial charge in [0.15, 0.2) is 5.75 Å². The highest BCUT2D eigenvalue weighted by Gasteiger charge is 2.19. The third-order valence-electron chi connectivity index (χ3n) is 2.46. The van der Waals surface area contributed by atoms with E-state index in [4.69, 9.17) is 5.11 Å². The van der Waals surface area contributed by atoms with Crippen molar-refractivity contribution >= 4 is 21.7 Å². The molecule has 20 heavy (non-hydrogen) atoms. The lowest BCUT2D eigenvalue weighted by molar-refractivity contribution is 0.0694. The van der Waals surface area contributed by atoms with Gasteiger partial charge < -0.3 is 10.2 Å². The number of aromatic hydroxyl groups is 1. The van der Waals surface area contributed by atoms with E-state index < -0.39 is 27.3 Å². The van der Waals surface area contributed by atoms with Gasteiger partial charge in [0, 0.05) is 12.4 Å². The van der Waals surface area contributed by atoms with Crippen molar-refractivity contribution in [1.29, 1.82) is 0 Å². The quantitative estimate of drug-likeness (QED) is 0.731. The number of phenols is 1. The summed E-state index contributed by atoms with van der Waals surface area (Å²) < 4.78 is 26.2. The Bertz CT molecular complexity index is 744. The van der Waals surface area contributed by atoms with Crippen molar-refractivity contribution in [3.8, 4) is 5.75 Å². The monoisotopic (exact) mass is 294 g/mol. The number of carboxylic acids is 1. The van der Waals surface area contributed by atoms with Crippen molar-refractivity contribution in [1.82, 2.24) is 4.98 Å². The number of pyridine rings is 1. The molecule has 0 bridgehead atoms. The maximum Gasteiger partial charge on any atom is 0.339 e. The van der Waals surface area contributed by atoms with Crippen LogP contribution < -0.4 is 4.72 Å². The summed E-state index contributed by atoms with van der Waals surface area (Å²) in [7, 11) is -3.94. The van der Waals surface area contributed by atoms with Gasteiger partial charge in [-0.2, -0.15) is 0 Å². The number of para-hydroxylation sites is 1. The van der Waals surface area contributed by atoms with Gasteiger partial charge in [0.25, 0.3) is 10.0 Å². The van der Waals surface area contributed by atoms with E-state index in [1.54, 1.807) is 0 Å². The molecule has 2 aromatic rings. The van der Waals surface area contributed by atoms with Crippen LogP contribution in [-0.2, 0) is 10.0 Å². The van der Waals surface area contributed by atoms with Crippen molar-refractivity contribution in [2.45, 2.75) is 4.90 Å². The van der Waals surface area contributed by atoms with E-state index in [1.807, 2.05) is 0 Å². The molecule has 8 heteroatoms. The second kappa shape index (κ2) is 5.17. The van der Waals surface area contributed by atoms with E-state index in [2.05, 4.69) is 9.71 Å². The van der Waals surface area contributed by atoms with Gasteiger partial charge in [-0.3, -0.25) is 9.71 Å². The first-order valence-electron chi connectivity index (χ1n) is 5.40. The lowest BCUT2D eigenvalue weighted by Crippen LogP contribution is -2.13. The van der Waals surface area contributed by atoms with Crippen LogP contribution in [0.2, 0.25) is 0 Å². The topological polar surface area (TPSA) is 117 Å². The van der Waals surface area contributed by atoms with Gasteiger partial charge in [-0.25, -0.2) is 13.2 Å². The van der Waals surface area contributed by atoms with Crippen LogP contribution >= 0.6 is 0 Å². The lowest BCUT2D eigenvalue weighted by atomic mass is 10.2. The van der Waals surface area contributed by atoms with E-state index in [0.717, 1.165) is 6.20 Å². The number of benzene rings is 1. The molecular formula is C12H10N2O5S. The first-order chi connectivity index (χ1) is 9.42. The largest absolute Gasteiger partial charge is 0.505 e. The van der Waals surface area contributed by atoms with Gasteiger partial charge in [-0.15, -0.1) is 0 Å². The summed E-state index contributed by atoms with van der Waals surface area (Å²) in [5.41, 5.74) is -0.606. The minimum Gasteiger partial charge on any atom is -0.505 e. The molecule has 0 radical (unpaired) electrons. The Morgan fingerprint density at radius 2 is 1.95 bits per heavy atom.